The van der Waals surface area contributed by atoms with Crippen molar-refractivity contribution in [2.45, 2.75) is 33.4 Å². The first-order valence-electron chi connectivity index (χ1n) is 8.72. The number of aromatic nitrogens is 3. The Balaban J connectivity index is 2.11. The molecule has 2 heterocycles. The number of benzene rings is 1. The molecule has 0 amide bonds. The minimum Gasteiger partial charge on any atom is -0.490 e. The summed E-state index contributed by atoms with van der Waals surface area (Å²) in [5.41, 5.74) is 1.49. The zero-order valence-corrected chi connectivity index (χ0v) is 15.6. The summed E-state index contributed by atoms with van der Waals surface area (Å²) in [6.45, 7) is 2.65. The number of nitrogens with one attached hydrogen (secondary N) is 1. The van der Waals surface area contributed by atoms with E-state index in [-0.39, 0.29) is 24.7 Å². The van der Waals surface area contributed by atoms with E-state index in [1.54, 1.807) is 32.9 Å². The highest BCUT2D eigenvalue weighted by Crippen LogP contribution is 2.39. The zero-order valence-electron chi connectivity index (χ0n) is 15.6. The van der Waals surface area contributed by atoms with E-state index in [1.807, 2.05) is 0 Å². The second-order valence-electron chi connectivity index (χ2n) is 5.83. The maximum Gasteiger partial charge on any atom is 0.387 e. The van der Waals surface area contributed by atoms with Gasteiger partial charge in [-0.2, -0.15) is 18.9 Å². The van der Waals surface area contributed by atoms with Crippen LogP contribution in [-0.2, 0) is 9.53 Å². The van der Waals surface area contributed by atoms with Crippen LogP contribution in [0.4, 0.5) is 14.7 Å². The fourth-order valence-corrected chi connectivity index (χ4v) is 3.03. The van der Waals surface area contributed by atoms with E-state index in [9.17, 15) is 13.6 Å². The Bertz CT molecular complexity index is 897. The van der Waals surface area contributed by atoms with Crippen LogP contribution in [0.5, 0.6) is 11.5 Å². The van der Waals surface area contributed by atoms with E-state index in [2.05, 4.69) is 20.1 Å². The van der Waals surface area contributed by atoms with Gasteiger partial charge in [0, 0.05) is 5.70 Å². The summed E-state index contributed by atoms with van der Waals surface area (Å²) in [6.07, 6.45) is 1.36. The molecule has 10 heteroatoms. The molecule has 1 aromatic heterocycles. The highest BCUT2D eigenvalue weighted by molar-refractivity contribution is 5.92. The van der Waals surface area contributed by atoms with E-state index in [4.69, 9.17) is 9.47 Å². The third kappa shape index (κ3) is 3.75. The predicted molar refractivity (Wildman–Crippen MR) is 95.4 cm³/mol. The van der Waals surface area contributed by atoms with Gasteiger partial charge in [-0.1, -0.05) is 6.07 Å². The van der Waals surface area contributed by atoms with Crippen molar-refractivity contribution in [1.29, 1.82) is 0 Å². The Labute approximate surface area is 160 Å². The molecule has 1 N–H and O–H groups in total. The number of halogens is 2. The molecule has 1 unspecified atom stereocenters. The summed E-state index contributed by atoms with van der Waals surface area (Å²) < 4.78 is 42.1. The van der Waals surface area contributed by atoms with Crippen LogP contribution < -0.4 is 14.8 Å². The molecule has 8 nitrogen and oxygen atoms in total. The van der Waals surface area contributed by atoms with E-state index in [0.29, 0.717) is 22.8 Å². The van der Waals surface area contributed by atoms with Gasteiger partial charge in [-0.05, 0) is 38.5 Å². The molecule has 0 saturated heterocycles. The molecule has 0 fully saturated rings. The van der Waals surface area contributed by atoms with Gasteiger partial charge in [0.2, 0.25) is 5.95 Å². The lowest BCUT2D eigenvalue weighted by Gasteiger charge is -2.28. The molecule has 150 valence electrons. The molecular formula is C18H20F2N4O4. The summed E-state index contributed by atoms with van der Waals surface area (Å²) in [4.78, 5) is 16.7. The molecule has 0 saturated carbocycles. The van der Waals surface area contributed by atoms with Gasteiger partial charge in [0.15, 0.2) is 11.5 Å². The molecule has 1 aromatic carbocycles. The van der Waals surface area contributed by atoms with E-state index < -0.39 is 18.6 Å². The molecule has 3 rings (SSSR count). The summed E-state index contributed by atoms with van der Waals surface area (Å²) in [6, 6.07) is 3.84. The second kappa shape index (κ2) is 8.24. The monoisotopic (exact) mass is 394 g/mol. The molecular weight excluding hydrogens is 374 g/mol. The largest absolute Gasteiger partial charge is 0.490 e. The van der Waals surface area contributed by atoms with Gasteiger partial charge in [0.25, 0.3) is 0 Å². The quantitative estimate of drug-likeness (QED) is 0.722. The van der Waals surface area contributed by atoms with Gasteiger partial charge in [0.05, 0.1) is 18.8 Å². The first-order valence-corrected chi connectivity index (χ1v) is 8.72. The standard InChI is InChI=1S/C18H20F2N4O4/c1-4-26-13-8-11(6-7-12(13)28-17(19)20)15-14(16(25)27-5-2)10(3)23-18-21-9-22-24(15)18/h6-9,15,17H,4-5H2,1-3H3,(H,21,22,23). The van der Waals surface area contributed by atoms with E-state index >= 15 is 0 Å². The molecule has 0 spiro atoms. The van der Waals surface area contributed by atoms with Crippen LogP contribution in [0.25, 0.3) is 0 Å². The Morgan fingerprint density at radius 1 is 1.29 bits per heavy atom. The van der Waals surface area contributed by atoms with Gasteiger partial charge in [-0.25, -0.2) is 9.48 Å². The van der Waals surface area contributed by atoms with Crippen molar-refractivity contribution in [1.82, 2.24) is 14.8 Å². The van der Waals surface area contributed by atoms with Crippen LogP contribution in [0.15, 0.2) is 35.8 Å². The van der Waals surface area contributed by atoms with Crippen molar-refractivity contribution in [2.75, 3.05) is 18.5 Å². The number of alkyl halides is 2. The number of rotatable bonds is 7. The van der Waals surface area contributed by atoms with Gasteiger partial charge in [0.1, 0.15) is 12.4 Å². The SMILES string of the molecule is CCOC(=O)C1=C(C)Nc2ncnn2C1c1ccc(OC(F)F)c(OCC)c1. The lowest BCUT2D eigenvalue weighted by molar-refractivity contribution is -0.139. The number of esters is 1. The van der Waals surface area contributed by atoms with Crippen molar-refractivity contribution >= 4 is 11.9 Å². The third-order valence-corrected chi connectivity index (χ3v) is 4.09. The number of hydrogen-bond acceptors (Lipinski definition) is 7. The Kier molecular flexibility index (Phi) is 5.76. The number of fused-ring (bicyclic) bond motifs is 1. The van der Waals surface area contributed by atoms with Gasteiger partial charge >= 0.3 is 12.6 Å². The normalized spacial score (nSPS) is 15.9. The second-order valence-corrected chi connectivity index (χ2v) is 5.83. The van der Waals surface area contributed by atoms with Crippen LogP contribution in [0.1, 0.15) is 32.4 Å². The molecule has 0 bridgehead atoms. The lowest BCUT2D eigenvalue weighted by Crippen LogP contribution is -2.29. The smallest absolute Gasteiger partial charge is 0.387 e. The Morgan fingerprint density at radius 3 is 2.75 bits per heavy atom. The van der Waals surface area contributed by atoms with Crippen molar-refractivity contribution in [3.05, 3.63) is 41.4 Å². The molecule has 1 aliphatic rings. The van der Waals surface area contributed by atoms with Crippen LogP contribution in [0.3, 0.4) is 0 Å². The molecule has 2 aromatic rings. The summed E-state index contributed by atoms with van der Waals surface area (Å²) in [5, 5.41) is 7.22. The van der Waals surface area contributed by atoms with Crippen LogP contribution in [0.2, 0.25) is 0 Å². The summed E-state index contributed by atoms with van der Waals surface area (Å²) in [7, 11) is 0. The number of anilines is 1. The molecule has 0 aliphatic carbocycles. The van der Waals surface area contributed by atoms with Crippen molar-refractivity contribution in [3.8, 4) is 11.5 Å². The first kappa shape index (κ1) is 19.6. The fourth-order valence-electron chi connectivity index (χ4n) is 3.03. The third-order valence-electron chi connectivity index (χ3n) is 4.09. The number of nitrogens with zero attached hydrogens (tertiary/aromatic N) is 3. The number of allylic oxidation sites excluding steroid dienone is 1. The maximum absolute atomic E-state index is 12.7. The Morgan fingerprint density at radius 2 is 2.07 bits per heavy atom. The van der Waals surface area contributed by atoms with Gasteiger partial charge in [-0.15, -0.1) is 0 Å². The van der Waals surface area contributed by atoms with Crippen LogP contribution >= 0.6 is 0 Å². The molecule has 28 heavy (non-hydrogen) atoms. The van der Waals surface area contributed by atoms with Gasteiger partial charge in [-0.3, -0.25) is 0 Å². The molecule has 0 radical (unpaired) electrons. The topological polar surface area (TPSA) is 87.5 Å². The Hall–Kier alpha value is -3.17. The number of carbonyl (C=O) groups excluding carboxylic acids is 1. The lowest BCUT2D eigenvalue weighted by atomic mass is 9.95. The van der Waals surface area contributed by atoms with Gasteiger partial charge < -0.3 is 19.5 Å². The van der Waals surface area contributed by atoms with Crippen LogP contribution in [-0.4, -0.2) is 40.6 Å². The number of carbonyl (C=O) groups is 1. The first-order chi connectivity index (χ1) is 13.5. The highest BCUT2D eigenvalue weighted by atomic mass is 19.3. The highest BCUT2D eigenvalue weighted by Gasteiger charge is 2.34. The number of hydrogen-bond donors (Lipinski definition) is 1. The van der Waals surface area contributed by atoms with E-state index in [0.717, 1.165) is 0 Å². The van der Waals surface area contributed by atoms with Crippen LogP contribution in [0, 0.1) is 0 Å². The van der Waals surface area contributed by atoms with Crippen molar-refractivity contribution in [2.24, 2.45) is 0 Å². The molecule has 1 atom stereocenters. The van der Waals surface area contributed by atoms with Crippen molar-refractivity contribution < 1.29 is 27.8 Å². The summed E-state index contributed by atoms with van der Waals surface area (Å²) in [5.74, 6) is -0.0148. The van der Waals surface area contributed by atoms with Crippen molar-refractivity contribution in [3.63, 3.8) is 0 Å². The maximum atomic E-state index is 12.7. The molecule has 1 aliphatic heterocycles. The van der Waals surface area contributed by atoms with E-state index in [1.165, 1.54) is 17.1 Å². The average Bonchev–Trinajstić information content (AvgIpc) is 3.10. The fraction of sp³-hybridized carbons (Fsp3) is 0.389. The minimum atomic E-state index is -2.98. The summed E-state index contributed by atoms with van der Waals surface area (Å²) >= 11 is 0. The zero-order chi connectivity index (χ0) is 20.3. The predicted octanol–water partition coefficient (Wildman–Crippen LogP) is 3.13. The minimum absolute atomic E-state index is 0.0910. The average molecular weight is 394 g/mol. The number of ether oxygens (including phenoxy) is 3.